The van der Waals surface area contributed by atoms with Crippen molar-refractivity contribution in [2.45, 2.75) is 56.5 Å². The number of carbonyl (C=O) groups excluding carboxylic acids is 1. The van der Waals surface area contributed by atoms with E-state index in [1.165, 1.54) is 31.9 Å². The van der Waals surface area contributed by atoms with Gasteiger partial charge in [0, 0.05) is 18.8 Å². The summed E-state index contributed by atoms with van der Waals surface area (Å²) in [6.07, 6.45) is 7.12. The fourth-order valence-corrected chi connectivity index (χ4v) is 4.75. The molecule has 3 rings (SSSR count). The third-order valence-electron chi connectivity index (χ3n) is 5.07. The van der Waals surface area contributed by atoms with Gasteiger partial charge in [-0.15, -0.1) is 12.4 Å². The highest BCUT2D eigenvalue weighted by Crippen LogP contribution is 2.33. The van der Waals surface area contributed by atoms with E-state index in [1.807, 2.05) is 18.2 Å². The maximum atomic E-state index is 12.4. The second-order valence-corrected chi connectivity index (χ2v) is 9.35. The van der Waals surface area contributed by atoms with E-state index in [9.17, 15) is 13.2 Å². The topological polar surface area (TPSA) is 75.3 Å². The first-order chi connectivity index (χ1) is 11.4. The van der Waals surface area contributed by atoms with Gasteiger partial charge in [0.1, 0.15) is 0 Å². The number of carbonyl (C=O) groups is 1. The van der Waals surface area contributed by atoms with E-state index in [2.05, 4.69) is 10.6 Å². The Balaban J connectivity index is 0.00000225. The van der Waals surface area contributed by atoms with Gasteiger partial charge in [-0.3, -0.25) is 4.79 Å². The van der Waals surface area contributed by atoms with Crippen molar-refractivity contribution in [1.29, 1.82) is 0 Å². The molecule has 1 aromatic carbocycles. The van der Waals surface area contributed by atoms with E-state index < -0.39 is 9.84 Å². The average Bonchev–Trinajstić information content (AvgIpc) is 2.95. The van der Waals surface area contributed by atoms with Gasteiger partial charge in [-0.2, -0.15) is 0 Å². The Labute approximate surface area is 156 Å². The highest BCUT2D eigenvalue weighted by Gasteiger charge is 2.37. The van der Waals surface area contributed by atoms with E-state index in [4.69, 9.17) is 0 Å². The summed E-state index contributed by atoms with van der Waals surface area (Å²) < 4.78 is 22.8. The summed E-state index contributed by atoms with van der Waals surface area (Å²) in [7, 11) is -3.05. The van der Waals surface area contributed by atoms with Gasteiger partial charge in [0.2, 0.25) is 5.91 Å². The van der Waals surface area contributed by atoms with Gasteiger partial charge in [0.05, 0.1) is 11.8 Å². The predicted molar refractivity (Wildman–Crippen MR) is 101 cm³/mol. The van der Waals surface area contributed by atoms with Gasteiger partial charge in [-0.05, 0) is 36.3 Å². The molecule has 3 unspecified atom stereocenters. The van der Waals surface area contributed by atoms with Crippen LogP contribution in [0.4, 0.5) is 0 Å². The number of rotatable bonds is 5. The molecule has 1 aromatic rings. The van der Waals surface area contributed by atoms with Crippen molar-refractivity contribution in [3.8, 4) is 0 Å². The van der Waals surface area contributed by atoms with E-state index in [0.29, 0.717) is 18.5 Å². The van der Waals surface area contributed by atoms with Crippen LogP contribution in [0.25, 0.3) is 0 Å². The standard InChI is InChI=1S/C18H26N2O3S.ClH/c1-24(22,23)12-14-6-4-5-13(9-14)11-19-18(21)17-10-15-7-2-3-8-16(15)20-17;/h4-6,9,15-17,20H,2-3,7-8,10-12H2,1H3,(H,19,21);1H. The Kier molecular flexibility index (Phi) is 6.88. The number of hydrogen-bond donors (Lipinski definition) is 2. The zero-order valence-electron chi connectivity index (χ0n) is 14.5. The van der Waals surface area contributed by atoms with Crippen LogP contribution in [-0.4, -0.2) is 32.7 Å². The summed E-state index contributed by atoms with van der Waals surface area (Å²) in [6, 6.07) is 7.82. The number of fused-ring (bicyclic) bond motifs is 1. The molecule has 0 bridgehead atoms. The molecule has 140 valence electrons. The molecule has 1 aliphatic carbocycles. The summed E-state index contributed by atoms with van der Waals surface area (Å²) in [5, 5.41) is 6.47. The van der Waals surface area contributed by atoms with Crippen molar-refractivity contribution in [3.05, 3.63) is 35.4 Å². The molecule has 1 saturated heterocycles. The number of benzene rings is 1. The van der Waals surface area contributed by atoms with Gasteiger partial charge < -0.3 is 10.6 Å². The molecule has 2 N–H and O–H groups in total. The van der Waals surface area contributed by atoms with E-state index >= 15 is 0 Å². The first-order valence-electron chi connectivity index (χ1n) is 8.70. The first kappa shape index (κ1) is 20.2. The molecule has 3 atom stereocenters. The molecule has 1 amide bonds. The third kappa shape index (κ3) is 5.69. The average molecular weight is 387 g/mol. The molecule has 0 radical (unpaired) electrons. The van der Waals surface area contributed by atoms with Crippen LogP contribution in [0.5, 0.6) is 0 Å². The Hall–Kier alpha value is -1.11. The van der Waals surface area contributed by atoms with Gasteiger partial charge in [0.15, 0.2) is 9.84 Å². The van der Waals surface area contributed by atoms with Gasteiger partial charge in [-0.25, -0.2) is 8.42 Å². The second kappa shape index (κ2) is 8.52. The third-order valence-corrected chi connectivity index (χ3v) is 5.92. The number of nitrogens with one attached hydrogen (secondary N) is 2. The lowest BCUT2D eigenvalue weighted by Crippen LogP contribution is -2.42. The summed E-state index contributed by atoms with van der Waals surface area (Å²) in [5.41, 5.74) is 1.69. The molecular weight excluding hydrogens is 360 g/mol. The van der Waals surface area contributed by atoms with Crippen LogP contribution in [0.3, 0.4) is 0 Å². The van der Waals surface area contributed by atoms with E-state index in [0.717, 1.165) is 17.5 Å². The zero-order valence-corrected chi connectivity index (χ0v) is 16.2. The molecule has 1 aliphatic heterocycles. The molecule has 2 aliphatic rings. The highest BCUT2D eigenvalue weighted by molar-refractivity contribution is 7.89. The number of halogens is 1. The van der Waals surface area contributed by atoms with Crippen LogP contribution < -0.4 is 10.6 Å². The number of sulfone groups is 1. The summed E-state index contributed by atoms with van der Waals surface area (Å²) in [5.74, 6) is 0.730. The summed E-state index contributed by atoms with van der Waals surface area (Å²) in [4.78, 5) is 12.4. The Morgan fingerprint density at radius 2 is 1.96 bits per heavy atom. The molecule has 7 heteroatoms. The van der Waals surface area contributed by atoms with Gasteiger partial charge in [-0.1, -0.05) is 37.1 Å². The molecule has 2 fully saturated rings. The van der Waals surface area contributed by atoms with Gasteiger partial charge in [0.25, 0.3) is 0 Å². The van der Waals surface area contributed by atoms with Crippen LogP contribution in [-0.2, 0) is 26.9 Å². The SMILES string of the molecule is CS(=O)(=O)Cc1cccc(CNC(=O)C2CC3CCCCC3N2)c1.Cl. The largest absolute Gasteiger partial charge is 0.351 e. The minimum absolute atomic E-state index is 0. The van der Waals surface area contributed by atoms with Crippen molar-refractivity contribution in [2.75, 3.05) is 6.26 Å². The van der Waals surface area contributed by atoms with Crippen molar-refractivity contribution < 1.29 is 13.2 Å². The molecule has 1 heterocycles. The molecule has 1 saturated carbocycles. The molecular formula is C18H27ClN2O3S. The van der Waals surface area contributed by atoms with Gasteiger partial charge >= 0.3 is 0 Å². The maximum absolute atomic E-state index is 12.4. The van der Waals surface area contributed by atoms with Crippen LogP contribution in [0.15, 0.2) is 24.3 Å². The number of hydrogen-bond acceptors (Lipinski definition) is 4. The van der Waals surface area contributed by atoms with Crippen molar-refractivity contribution >= 4 is 28.2 Å². The fourth-order valence-electron chi connectivity index (χ4n) is 3.97. The molecule has 0 aromatic heterocycles. The smallest absolute Gasteiger partial charge is 0.237 e. The Morgan fingerprint density at radius 3 is 2.68 bits per heavy atom. The zero-order chi connectivity index (χ0) is 17.2. The minimum atomic E-state index is -3.05. The van der Waals surface area contributed by atoms with Crippen LogP contribution >= 0.6 is 12.4 Å². The molecule has 0 spiro atoms. The van der Waals surface area contributed by atoms with Crippen molar-refractivity contribution in [2.24, 2.45) is 5.92 Å². The molecule has 5 nitrogen and oxygen atoms in total. The minimum Gasteiger partial charge on any atom is -0.351 e. The maximum Gasteiger partial charge on any atom is 0.237 e. The monoisotopic (exact) mass is 386 g/mol. The summed E-state index contributed by atoms with van der Waals surface area (Å²) >= 11 is 0. The van der Waals surface area contributed by atoms with Crippen LogP contribution in [0.2, 0.25) is 0 Å². The summed E-state index contributed by atoms with van der Waals surface area (Å²) in [6.45, 7) is 0.434. The van der Waals surface area contributed by atoms with E-state index in [1.54, 1.807) is 6.07 Å². The lowest BCUT2D eigenvalue weighted by molar-refractivity contribution is -0.123. The second-order valence-electron chi connectivity index (χ2n) is 7.21. The lowest BCUT2D eigenvalue weighted by Gasteiger charge is -2.24. The Bertz CT molecular complexity index is 694. The quantitative estimate of drug-likeness (QED) is 0.813. The van der Waals surface area contributed by atoms with Crippen LogP contribution in [0, 0.1) is 5.92 Å². The first-order valence-corrected chi connectivity index (χ1v) is 10.8. The predicted octanol–water partition coefficient (Wildman–Crippen LogP) is 2.19. The lowest BCUT2D eigenvalue weighted by atomic mass is 9.85. The fraction of sp³-hybridized carbons (Fsp3) is 0.611. The van der Waals surface area contributed by atoms with Crippen molar-refractivity contribution in [3.63, 3.8) is 0 Å². The van der Waals surface area contributed by atoms with Crippen molar-refractivity contribution in [1.82, 2.24) is 10.6 Å². The normalized spacial score (nSPS) is 25.7. The van der Waals surface area contributed by atoms with E-state index in [-0.39, 0.29) is 30.1 Å². The highest BCUT2D eigenvalue weighted by atomic mass is 35.5. The Morgan fingerprint density at radius 1 is 1.24 bits per heavy atom. The number of amides is 1. The molecule has 25 heavy (non-hydrogen) atoms. The van der Waals surface area contributed by atoms with Crippen LogP contribution in [0.1, 0.15) is 43.2 Å².